The summed E-state index contributed by atoms with van der Waals surface area (Å²) in [4.78, 5) is 35.2. The summed E-state index contributed by atoms with van der Waals surface area (Å²) in [6.45, 7) is 1.41. The molecule has 0 bridgehead atoms. The lowest BCUT2D eigenvalue weighted by molar-refractivity contribution is -0.387. The molecule has 0 aliphatic carbocycles. The van der Waals surface area contributed by atoms with E-state index < -0.39 is 22.9 Å². The number of hydrogen-bond donors (Lipinski definition) is 1. The number of nitro benzene ring substituents is 1. The number of carbonyl (C=O) groups is 2. The first-order valence-electron chi connectivity index (χ1n) is 7.41. The Morgan fingerprint density at radius 1 is 1.23 bits per heavy atom. The summed E-state index contributed by atoms with van der Waals surface area (Å²) in [5.74, 6) is -1.35. The van der Waals surface area contributed by atoms with E-state index in [0.29, 0.717) is 15.6 Å². The van der Waals surface area contributed by atoms with Crippen LogP contribution >= 0.6 is 23.4 Å². The van der Waals surface area contributed by atoms with Crippen LogP contribution in [0.1, 0.15) is 17.3 Å². The van der Waals surface area contributed by atoms with E-state index in [0.717, 1.165) is 6.07 Å². The van der Waals surface area contributed by atoms with Crippen molar-refractivity contribution >= 4 is 46.6 Å². The Morgan fingerprint density at radius 2 is 1.88 bits per heavy atom. The van der Waals surface area contributed by atoms with Crippen LogP contribution in [0.4, 0.5) is 11.4 Å². The van der Waals surface area contributed by atoms with Crippen molar-refractivity contribution in [1.82, 2.24) is 0 Å². The molecule has 0 saturated carbocycles. The molecule has 0 aliphatic heterocycles. The van der Waals surface area contributed by atoms with Crippen molar-refractivity contribution in [2.24, 2.45) is 0 Å². The van der Waals surface area contributed by atoms with Gasteiger partial charge in [-0.1, -0.05) is 11.6 Å². The number of nitrogens with one attached hydrogen (secondary N) is 1. The van der Waals surface area contributed by atoms with E-state index in [-0.39, 0.29) is 11.3 Å². The average Bonchev–Trinajstić information content (AvgIpc) is 2.62. The number of halogens is 1. The number of rotatable bonds is 6. The fourth-order valence-corrected chi connectivity index (χ4v) is 2.69. The molecular formula is C17H15ClN2O5S. The largest absolute Gasteiger partial charge is 0.449 e. The van der Waals surface area contributed by atoms with Gasteiger partial charge in [0.25, 0.3) is 11.6 Å². The number of thioether (sulfide) groups is 1. The van der Waals surface area contributed by atoms with Crippen LogP contribution < -0.4 is 5.32 Å². The first-order chi connectivity index (χ1) is 12.3. The van der Waals surface area contributed by atoms with Crippen LogP contribution in [0.25, 0.3) is 0 Å². The molecule has 26 heavy (non-hydrogen) atoms. The lowest BCUT2D eigenvalue weighted by Crippen LogP contribution is -2.30. The van der Waals surface area contributed by atoms with Gasteiger partial charge in [0.15, 0.2) is 6.10 Å². The first kappa shape index (κ1) is 19.7. The zero-order valence-corrected chi connectivity index (χ0v) is 15.5. The molecule has 0 saturated heterocycles. The van der Waals surface area contributed by atoms with Crippen LogP contribution in [0.5, 0.6) is 0 Å². The third-order valence-corrected chi connectivity index (χ3v) is 4.41. The topological polar surface area (TPSA) is 98.5 Å². The minimum absolute atomic E-state index is 0.000595. The van der Waals surface area contributed by atoms with Gasteiger partial charge in [0.2, 0.25) is 0 Å². The third-order valence-electron chi connectivity index (χ3n) is 3.38. The molecule has 0 fully saturated rings. The lowest BCUT2D eigenvalue weighted by Gasteiger charge is -2.14. The number of hydrogen-bond acceptors (Lipinski definition) is 6. The standard InChI is InChI=1S/C17H15ClN2O5S/c1-10(16(21)19-13-6-4-12(18)5-7-13)25-17(22)11-3-8-15(26-2)14(9-11)20(23)24/h3-10H,1-2H3,(H,19,21)/t10-/m1/s1. The molecule has 1 N–H and O–H groups in total. The van der Waals surface area contributed by atoms with E-state index in [1.165, 1.54) is 30.8 Å². The maximum Gasteiger partial charge on any atom is 0.339 e. The molecule has 0 heterocycles. The van der Waals surface area contributed by atoms with Crippen molar-refractivity contribution in [2.45, 2.75) is 17.9 Å². The predicted octanol–water partition coefficient (Wildman–Crippen LogP) is 4.15. The highest BCUT2D eigenvalue weighted by Crippen LogP contribution is 2.28. The molecule has 2 aromatic carbocycles. The molecule has 1 amide bonds. The number of anilines is 1. The molecule has 1 atom stereocenters. The Morgan fingerprint density at radius 3 is 2.46 bits per heavy atom. The summed E-state index contributed by atoms with van der Waals surface area (Å²) in [5.41, 5.74) is 0.313. The Labute approximate surface area is 158 Å². The predicted molar refractivity (Wildman–Crippen MR) is 99.8 cm³/mol. The van der Waals surface area contributed by atoms with Gasteiger partial charge in [-0.25, -0.2) is 4.79 Å². The van der Waals surface area contributed by atoms with Gasteiger partial charge in [0.1, 0.15) is 0 Å². The molecule has 7 nitrogen and oxygen atoms in total. The van der Waals surface area contributed by atoms with Gasteiger partial charge in [-0.15, -0.1) is 11.8 Å². The first-order valence-corrected chi connectivity index (χ1v) is 9.02. The highest BCUT2D eigenvalue weighted by molar-refractivity contribution is 7.98. The van der Waals surface area contributed by atoms with Crippen LogP contribution in [0.15, 0.2) is 47.4 Å². The van der Waals surface area contributed by atoms with Gasteiger partial charge < -0.3 is 10.1 Å². The molecule has 0 unspecified atom stereocenters. The quantitative estimate of drug-likeness (QED) is 0.342. The summed E-state index contributed by atoms with van der Waals surface area (Å²) in [5, 5.41) is 14.2. The summed E-state index contributed by atoms with van der Waals surface area (Å²) in [6.07, 6.45) is 0.612. The van der Waals surface area contributed by atoms with Crippen molar-refractivity contribution in [1.29, 1.82) is 0 Å². The van der Waals surface area contributed by atoms with E-state index in [2.05, 4.69) is 5.32 Å². The van der Waals surface area contributed by atoms with Crippen molar-refractivity contribution in [3.8, 4) is 0 Å². The summed E-state index contributed by atoms with van der Waals surface area (Å²) in [7, 11) is 0. The molecule has 9 heteroatoms. The monoisotopic (exact) mass is 394 g/mol. The Balaban J connectivity index is 2.06. The molecule has 0 aromatic heterocycles. The maximum absolute atomic E-state index is 12.2. The number of amides is 1. The fourth-order valence-electron chi connectivity index (χ4n) is 2.02. The molecule has 2 aromatic rings. The molecule has 0 aliphatic rings. The van der Waals surface area contributed by atoms with Crippen LogP contribution in [0.3, 0.4) is 0 Å². The summed E-state index contributed by atoms with van der Waals surface area (Å²) >= 11 is 6.97. The van der Waals surface area contributed by atoms with Crippen molar-refractivity contribution in [3.63, 3.8) is 0 Å². The Kier molecular flexibility index (Phi) is 6.59. The van der Waals surface area contributed by atoms with Gasteiger partial charge in [-0.3, -0.25) is 14.9 Å². The smallest absolute Gasteiger partial charge is 0.339 e. The summed E-state index contributed by atoms with van der Waals surface area (Å²) < 4.78 is 5.10. The third kappa shape index (κ3) is 4.96. The molecule has 136 valence electrons. The van der Waals surface area contributed by atoms with E-state index in [1.807, 2.05) is 0 Å². The number of nitrogens with zero attached hydrogens (tertiary/aromatic N) is 1. The normalized spacial score (nSPS) is 11.5. The van der Waals surface area contributed by atoms with Gasteiger partial charge in [-0.05, 0) is 49.6 Å². The van der Waals surface area contributed by atoms with Gasteiger partial charge in [-0.2, -0.15) is 0 Å². The number of ether oxygens (including phenoxy) is 1. The lowest BCUT2D eigenvalue weighted by atomic mass is 10.2. The second-order valence-electron chi connectivity index (χ2n) is 5.19. The second kappa shape index (κ2) is 8.68. The number of nitro groups is 1. The van der Waals surface area contributed by atoms with Crippen LogP contribution in [-0.4, -0.2) is 29.2 Å². The van der Waals surface area contributed by atoms with E-state index in [9.17, 15) is 19.7 Å². The highest BCUT2D eigenvalue weighted by Gasteiger charge is 2.22. The van der Waals surface area contributed by atoms with Crippen molar-refractivity contribution in [3.05, 3.63) is 63.2 Å². The van der Waals surface area contributed by atoms with Crippen LogP contribution in [0, 0.1) is 10.1 Å². The van der Waals surface area contributed by atoms with Crippen molar-refractivity contribution in [2.75, 3.05) is 11.6 Å². The Hall–Kier alpha value is -2.58. The molecular weight excluding hydrogens is 380 g/mol. The van der Waals surface area contributed by atoms with Crippen molar-refractivity contribution < 1.29 is 19.2 Å². The highest BCUT2D eigenvalue weighted by atomic mass is 35.5. The number of benzene rings is 2. The van der Waals surface area contributed by atoms with E-state index >= 15 is 0 Å². The molecule has 0 radical (unpaired) electrons. The molecule has 0 spiro atoms. The second-order valence-corrected chi connectivity index (χ2v) is 6.47. The van der Waals surface area contributed by atoms with Gasteiger partial charge >= 0.3 is 5.97 Å². The fraction of sp³-hybridized carbons (Fsp3) is 0.176. The van der Waals surface area contributed by atoms with E-state index in [1.54, 1.807) is 30.5 Å². The Bertz CT molecular complexity index is 842. The average molecular weight is 395 g/mol. The summed E-state index contributed by atoms with van der Waals surface area (Å²) in [6, 6.07) is 10.5. The van der Waals surface area contributed by atoms with Crippen LogP contribution in [0.2, 0.25) is 5.02 Å². The molecule has 2 rings (SSSR count). The van der Waals surface area contributed by atoms with Gasteiger partial charge in [0, 0.05) is 16.8 Å². The zero-order chi connectivity index (χ0) is 19.3. The minimum atomic E-state index is -1.09. The maximum atomic E-state index is 12.2. The minimum Gasteiger partial charge on any atom is -0.449 e. The van der Waals surface area contributed by atoms with Gasteiger partial charge in [0.05, 0.1) is 15.4 Å². The number of carbonyl (C=O) groups excluding carboxylic acids is 2. The number of esters is 1. The van der Waals surface area contributed by atoms with E-state index in [4.69, 9.17) is 16.3 Å². The van der Waals surface area contributed by atoms with Crippen LogP contribution in [-0.2, 0) is 9.53 Å². The zero-order valence-electron chi connectivity index (χ0n) is 13.9. The SMILES string of the molecule is CSc1ccc(C(=O)O[C@H](C)C(=O)Nc2ccc(Cl)cc2)cc1[N+](=O)[O-].